The predicted molar refractivity (Wildman–Crippen MR) is 32.6 cm³/mol. The highest BCUT2D eigenvalue weighted by Crippen LogP contribution is 1.88. The molecule has 3 nitrogen and oxygen atoms in total. The topological polar surface area (TPSA) is 41.6 Å². The van der Waals surface area contributed by atoms with E-state index in [1.807, 2.05) is 13.8 Å². The third-order valence-electron chi connectivity index (χ3n) is 0.960. The molecule has 8 heavy (non-hydrogen) atoms. The Kier molecular flexibility index (Phi) is 1.28. The summed E-state index contributed by atoms with van der Waals surface area (Å²) in [4.78, 5) is 4.06. The summed E-state index contributed by atoms with van der Waals surface area (Å²) in [5.74, 6) is 1.78. The largest absolute Gasteiger partial charge is 0.263 e. The molecule has 1 heterocycles. The number of H-pyrrole nitrogens is 1. The number of nitrogens with zero attached hydrogens (tertiary/aromatic N) is 2. The first-order valence-electron chi connectivity index (χ1n) is 2.71. The molecule has 0 radical (unpaired) electrons. The van der Waals surface area contributed by atoms with Crippen molar-refractivity contribution in [3.05, 3.63) is 11.6 Å². The van der Waals surface area contributed by atoms with Crippen molar-refractivity contribution in [1.29, 1.82) is 0 Å². The number of aromatic amines is 1. The fourth-order valence-corrected chi connectivity index (χ4v) is 0.547. The van der Waals surface area contributed by atoms with Crippen molar-refractivity contribution >= 4 is 0 Å². The summed E-state index contributed by atoms with van der Waals surface area (Å²) in [6, 6.07) is 0. The zero-order valence-corrected chi connectivity index (χ0v) is 5.10. The van der Waals surface area contributed by atoms with Crippen LogP contribution in [0.1, 0.15) is 20.0 Å². The van der Waals surface area contributed by atoms with Crippen LogP contribution in [-0.2, 0) is 6.42 Å². The maximum Gasteiger partial charge on any atom is 0.150 e. The molecular weight excluding hydrogens is 102 g/mol. The van der Waals surface area contributed by atoms with Crippen LogP contribution in [0.4, 0.5) is 0 Å². The predicted octanol–water partition coefficient (Wildman–Crippen LogP) is 0.922. The Bertz CT molecular complexity index is 172. The van der Waals surface area contributed by atoms with E-state index in [1.165, 1.54) is 0 Å². The Hall–Kier alpha value is -0.860. The van der Waals surface area contributed by atoms with Gasteiger partial charge in [-0.15, -0.1) is 0 Å². The summed E-state index contributed by atoms with van der Waals surface area (Å²) in [5.41, 5.74) is 0. The van der Waals surface area contributed by atoms with Gasteiger partial charge in [-0.25, -0.2) is 4.98 Å². The van der Waals surface area contributed by atoms with Gasteiger partial charge in [0.15, 0.2) is 0 Å². The zero-order valence-electron chi connectivity index (χ0n) is 5.10. The summed E-state index contributed by atoms with van der Waals surface area (Å²) in [7, 11) is 0. The highest BCUT2D eigenvalue weighted by molar-refractivity contribution is 4.85. The molecule has 1 rings (SSSR count). The lowest BCUT2D eigenvalue weighted by Gasteiger charge is -1.76. The van der Waals surface area contributed by atoms with Crippen LogP contribution in [0.15, 0.2) is 0 Å². The van der Waals surface area contributed by atoms with Crippen molar-refractivity contribution in [3.8, 4) is 0 Å². The molecule has 0 bridgehead atoms. The van der Waals surface area contributed by atoms with Crippen LogP contribution < -0.4 is 0 Å². The summed E-state index contributed by atoms with van der Waals surface area (Å²) in [5, 5.41) is 6.66. The number of rotatable bonds is 1. The van der Waals surface area contributed by atoms with Crippen LogP contribution in [0, 0.1) is 6.92 Å². The first-order valence-corrected chi connectivity index (χ1v) is 2.71. The first kappa shape index (κ1) is 5.28. The molecule has 0 aliphatic rings. The summed E-state index contributed by atoms with van der Waals surface area (Å²) in [6.45, 7) is 3.93. The Labute approximate surface area is 49.6 Å². The Morgan fingerprint density at radius 2 is 2.50 bits per heavy atom. The number of aryl methyl sites for hydroxylation is 2. The minimum Gasteiger partial charge on any atom is -0.263 e. The number of aromatic nitrogens is 3. The second-order valence-corrected chi connectivity index (χ2v) is 1.69. The van der Waals surface area contributed by atoms with E-state index in [0.717, 1.165) is 18.1 Å². The van der Waals surface area contributed by atoms with Crippen molar-refractivity contribution in [2.45, 2.75) is 20.3 Å². The second kappa shape index (κ2) is 1.94. The highest BCUT2D eigenvalue weighted by Gasteiger charge is 1.91. The van der Waals surface area contributed by atoms with Crippen molar-refractivity contribution in [2.24, 2.45) is 0 Å². The fraction of sp³-hybridized carbons (Fsp3) is 0.600. The van der Waals surface area contributed by atoms with E-state index >= 15 is 0 Å². The van der Waals surface area contributed by atoms with Gasteiger partial charge in [-0.1, -0.05) is 6.92 Å². The Balaban J connectivity index is 0.000000640. The van der Waals surface area contributed by atoms with Crippen molar-refractivity contribution in [3.63, 3.8) is 0 Å². The molecule has 0 aliphatic heterocycles. The lowest BCUT2D eigenvalue weighted by molar-refractivity contribution is 0.945. The molecule has 1 N–H and O–H groups in total. The molecule has 46 valence electrons. The molecule has 0 saturated carbocycles. The highest BCUT2D eigenvalue weighted by atomic mass is 15.2. The van der Waals surface area contributed by atoms with Gasteiger partial charge in [-0.2, -0.15) is 5.10 Å². The Morgan fingerprint density at radius 3 is 2.75 bits per heavy atom. The standard InChI is InChI=1S/C5H9N3.H2/c1-3-5-6-4(2)7-8-5;/h3H2,1-2H3,(H,6,7,8);1H. The SMILES string of the molecule is CCc1n[nH]c(C)n1.[HH]. The average molecular weight is 113 g/mol. The molecule has 1 aromatic heterocycles. The third kappa shape index (κ3) is 0.857. The molecule has 0 atom stereocenters. The van der Waals surface area contributed by atoms with E-state index in [-0.39, 0.29) is 1.43 Å². The van der Waals surface area contributed by atoms with E-state index in [0.29, 0.717) is 0 Å². The second-order valence-electron chi connectivity index (χ2n) is 1.69. The van der Waals surface area contributed by atoms with Gasteiger partial charge < -0.3 is 0 Å². The molecule has 0 aromatic carbocycles. The lowest BCUT2D eigenvalue weighted by Crippen LogP contribution is -1.80. The van der Waals surface area contributed by atoms with E-state index < -0.39 is 0 Å². The molecule has 1 aromatic rings. The number of hydrogen-bond donors (Lipinski definition) is 1. The van der Waals surface area contributed by atoms with Gasteiger partial charge in [0.1, 0.15) is 11.6 Å². The van der Waals surface area contributed by atoms with Crippen LogP contribution in [0.5, 0.6) is 0 Å². The van der Waals surface area contributed by atoms with Gasteiger partial charge in [-0.05, 0) is 6.92 Å². The van der Waals surface area contributed by atoms with Crippen LogP contribution >= 0.6 is 0 Å². The quantitative estimate of drug-likeness (QED) is 0.588. The molecule has 0 aliphatic carbocycles. The van der Waals surface area contributed by atoms with Crippen molar-refractivity contribution in [1.82, 2.24) is 15.2 Å². The minimum absolute atomic E-state index is 0. The van der Waals surface area contributed by atoms with Crippen molar-refractivity contribution < 1.29 is 1.43 Å². The molecule has 0 amide bonds. The maximum atomic E-state index is 4.06. The van der Waals surface area contributed by atoms with Crippen LogP contribution in [0.25, 0.3) is 0 Å². The van der Waals surface area contributed by atoms with E-state index in [2.05, 4.69) is 15.2 Å². The summed E-state index contributed by atoms with van der Waals surface area (Å²) >= 11 is 0. The van der Waals surface area contributed by atoms with Crippen LogP contribution in [0.3, 0.4) is 0 Å². The molecule has 0 spiro atoms. The van der Waals surface area contributed by atoms with Gasteiger partial charge in [-0.3, -0.25) is 5.10 Å². The van der Waals surface area contributed by atoms with Gasteiger partial charge in [0.2, 0.25) is 0 Å². The smallest absolute Gasteiger partial charge is 0.150 e. The fourth-order valence-electron chi connectivity index (χ4n) is 0.547. The summed E-state index contributed by atoms with van der Waals surface area (Å²) in [6.07, 6.45) is 0.907. The zero-order chi connectivity index (χ0) is 5.98. The molecule has 0 fully saturated rings. The third-order valence-corrected chi connectivity index (χ3v) is 0.960. The van der Waals surface area contributed by atoms with Gasteiger partial charge in [0.25, 0.3) is 0 Å². The van der Waals surface area contributed by atoms with Crippen LogP contribution in [0.2, 0.25) is 0 Å². The monoisotopic (exact) mass is 113 g/mol. The molecule has 3 heteroatoms. The van der Waals surface area contributed by atoms with Gasteiger partial charge in [0, 0.05) is 7.85 Å². The maximum absolute atomic E-state index is 4.06. The average Bonchev–Trinajstić information content (AvgIpc) is 2.14. The molecule has 0 saturated heterocycles. The van der Waals surface area contributed by atoms with E-state index in [9.17, 15) is 0 Å². The van der Waals surface area contributed by atoms with Gasteiger partial charge in [0.05, 0.1) is 0 Å². The first-order chi connectivity index (χ1) is 3.83. The normalized spacial score (nSPS) is 9.75. The van der Waals surface area contributed by atoms with E-state index in [1.54, 1.807) is 0 Å². The Morgan fingerprint density at radius 1 is 1.75 bits per heavy atom. The minimum atomic E-state index is 0. The van der Waals surface area contributed by atoms with Gasteiger partial charge >= 0.3 is 0 Å². The number of hydrogen-bond acceptors (Lipinski definition) is 2. The number of nitrogens with one attached hydrogen (secondary N) is 1. The molecular formula is C5H11N3. The van der Waals surface area contributed by atoms with Crippen LogP contribution in [-0.4, -0.2) is 15.2 Å². The summed E-state index contributed by atoms with van der Waals surface area (Å²) < 4.78 is 0. The van der Waals surface area contributed by atoms with Crippen molar-refractivity contribution in [2.75, 3.05) is 0 Å². The van der Waals surface area contributed by atoms with E-state index in [4.69, 9.17) is 0 Å². The lowest BCUT2D eigenvalue weighted by atomic mass is 10.5. The molecule has 0 unspecified atom stereocenters.